The van der Waals surface area contributed by atoms with E-state index >= 15 is 0 Å². The summed E-state index contributed by atoms with van der Waals surface area (Å²) in [5.41, 5.74) is 5.44. The molecule has 0 aliphatic heterocycles. The van der Waals surface area contributed by atoms with Crippen molar-refractivity contribution in [2.24, 2.45) is 5.73 Å². The van der Waals surface area contributed by atoms with Gasteiger partial charge in [0.1, 0.15) is 5.82 Å². The molecule has 3 N–H and O–H groups in total. The molecule has 0 saturated carbocycles. The third-order valence-electron chi connectivity index (χ3n) is 2.45. The number of carbonyl (C=O) groups is 1. The minimum absolute atomic E-state index is 0.00534. The first-order chi connectivity index (χ1) is 8.43. The number of nitrogens with one attached hydrogen (secondary N) is 1. The van der Waals surface area contributed by atoms with Gasteiger partial charge in [-0.05, 0) is 24.6 Å². The number of thiocarbonyl (C=S) groups is 1. The van der Waals surface area contributed by atoms with Crippen molar-refractivity contribution in [1.82, 2.24) is 5.32 Å². The second kappa shape index (κ2) is 6.80. The van der Waals surface area contributed by atoms with Crippen LogP contribution in [0, 0.1) is 5.82 Å². The molecule has 0 aromatic heterocycles. The van der Waals surface area contributed by atoms with E-state index in [1.807, 2.05) is 6.92 Å². The minimum atomic E-state index is -0.555. The van der Waals surface area contributed by atoms with E-state index < -0.39 is 11.7 Å². The molecule has 1 aromatic carbocycles. The molecule has 18 heavy (non-hydrogen) atoms. The summed E-state index contributed by atoms with van der Waals surface area (Å²) in [5.74, 6) is -1.02. The molecular formula is C12H14BrFN2OS. The summed E-state index contributed by atoms with van der Waals surface area (Å²) in [4.78, 5) is 12.2. The lowest BCUT2D eigenvalue weighted by Crippen LogP contribution is -2.37. The Hall–Kier alpha value is -1.01. The van der Waals surface area contributed by atoms with Gasteiger partial charge in [0.25, 0.3) is 5.91 Å². The zero-order valence-corrected chi connectivity index (χ0v) is 12.3. The number of hydrogen-bond donors (Lipinski definition) is 2. The van der Waals surface area contributed by atoms with Crippen molar-refractivity contribution < 1.29 is 9.18 Å². The number of amides is 1. The summed E-state index contributed by atoms with van der Waals surface area (Å²) in [7, 11) is 0. The van der Waals surface area contributed by atoms with Gasteiger partial charge in [-0.15, -0.1) is 0 Å². The molecule has 0 fully saturated rings. The molecule has 6 heteroatoms. The van der Waals surface area contributed by atoms with E-state index in [2.05, 4.69) is 21.2 Å². The maximum Gasteiger partial charge on any atom is 0.254 e. The van der Waals surface area contributed by atoms with Crippen molar-refractivity contribution in [1.29, 1.82) is 0 Å². The van der Waals surface area contributed by atoms with Gasteiger partial charge in [0.15, 0.2) is 0 Å². The lowest BCUT2D eigenvalue weighted by atomic mass is 10.1. The van der Waals surface area contributed by atoms with Crippen LogP contribution in [0.15, 0.2) is 22.7 Å². The minimum Gasteiger partial charge on any atom is -0.393 e. The maximum absolute atomic E-state index is 13.5. The largest absolute Gasteiger partial charge is 0.393 e. The molecule has 1 aromatic rings. The van der Waals surface area contributed by atoms with Crippen molar-refractivity contribution >= 4 is 39.0 Å². The van der Waals surface area contributed by atoms with Gasteiger partial charge in [0, 0.05) is 16.9 Å². The third-order valence-corrected chi connectivity index (χ3v) is 3.11. The fraction of sp³-hybridized carbons (Fsp3) is 0.333. The molecule has 0 spiro atoms. The first-order valence-corrected chi connectivity index (χ1v) is 6.68. The Morgan fingerprint density at radius 3 is 2.83 bits per heavy atom. The molecule has 1 atom stereocenters. The highest BCUT2D eigenvalue weighted by atomic mass is 79.9. The van der Waals surface area contributed by atoms with Gasteiger partial charge in [-0.2, -0.15) is 0 Å². The Kier molecular flexibility index (Phi) is 5.68. The van der Waals surface area contributed by atoms with Crippen LogP contribution in [-0.2, 0) is 0 Å². The zero-order valence-electron chi connectivity index (χ0n) is 9.87. The van der Waals surface area contributed by atoms with Crippen LogP contribution in [0.25, 0.3) is 0 Å². The molecule has 3 nitrogen and oxygen atoms in total. The van der Waals surface area contributed by atoms with E-state index in [1.54, 1.807) is 6.07 Å². The lowest BCUT2D eigenvalue weighted by Gasteiger charge is -2.16. The van der Waals surface area contributed by atoms with E-state index in [4.69, 9.17) is 18.0 Å². The lowest BCUT2D eigenvalue weighted by molar-refractivity contribution is 0.0933. The van der Waals surface area contributed by atoms with E-state index in [0.717, 1.165) is 0 Å². The average Bonchev–Trinajstić information content (AvgIpc) is 2.30. The highest BCUT2D eigenvalue weighted by Crippen LogP contribution is 2.16. The topological polar surface area (TPSA) is 55.1 Å². The normalized spacial score (nSPS) is 11.9. The predicted molar refractivity (Wildman–Crippen MR) is 77.0 cm³/mol. The zero-order chi connectivity index (χ0) is 13.7. The van der Waals surface area contributed by atoms with Crippen molar-refractivity contribution in [2.45, 2.75) is 25.8 Å². The summed E-state index contributed by atoms with van der Waals surface area (Å²) in [6.07, 6.45) is 1.09. The third kappa shape index (κ3) is 4.34. The van der Waals surface area contributed by atoms with Crippen LogP contribution in [0.1, 0.15) is 30.1 Å². The molecule has 1 amide bonds. The quantitative estimate of drug-likeness (QED) is 0.815. The first kappa shape index (κ1) is 15.0. The maximum atomic E-state index is 13.5. The molecule has 98 valence electrons. The average molecular weight is 333 g/mol. The van der Waals surface area contributed by atoms with Crippen LogP contribution >= 0.6 is 28.1 Å². The van der Waals surface area contributed by atoms with Gasteiger partial charge in [-0.25, -0.2) is 4.39 Å². The van der Waals surface area contributed by atoms with E-state index in [9.17, 15) is 9.18 Å². The van der Waals surface area contributed by atoms with E-state index in [1.165, 1.54) is 12.1 Å². The second-order valence-electron chi connectivity index (χ2n) is 3.87. The number of carbonyl (C=O) groups excluding carboxylic acids is 1. The molecule has 1 rings (SSSR count). The SMILES string of the molecule is CCC(CC(N)=S)NC(=O)c1cc(Br)ccc1F. The van der Waals surface area contributed by atoms with Gasteiger partial charge in [-0.3, -0.25) is 4.79 Å². The van der Waals surface area contributed by atoms with Gasteiger partial charge in [0.05, 0.1) is 10.6 Å². The monoisotopic (exact) mass is 332 g/mol. The molecule has 0 aliphatic rings. The molecular weight excluding hydrogens is 319 g/mol. The predicted octanol–water partition coefficient (Wildman–Crippen LogP) is 2.77. The molecule has 0 heterocycles. The van der Waals surface area contributed by atoms with Crippen molar-refractivity contribution in [2.75, 3.05) is 0 Å². The number of rotatable bonds is 5. The summed E-state index contributed by atoms with van der Waals surface area (Å²) in [5, 5.41) is 2.72. The molecule has 0 saturated heterocycles. The van der Waals surface area contributed by atoms with Gasteiger partial charge >= 0.3 is 0 Å². The molecule has 0 bridgehead atoms. The Morgan fingerprint density at radius 2 is 2.28 bits per heavy atom. The first-order valence-electron chi connectivity index (χ1n) is 5.48. The summed E-state index contributed by atoms with van der Waals surface area (Å²) in [6.45, 7) is 1.90. The van der Waals surface area contributed by atoms with Crippen LogP contribution in [0.3, 0.4) is 0 Å². The summed E-state index contributed by atoms with van der Waals surface area (Å²) < 4.78 is 14.2. The van der Waals surface area contributed by atoms with Crippen LogP contribution < -0.4 is 11.1 Å². The Balaban J connectivity index is 2.80. The van der Waals surface area contributed by atoms with Gasteiger partial charge in [-0.1, -0.05) is 35.1 Å². The van der Waals surface area contributed by atoms with E-state index in [-0.39, 0.29) is 11.6 Å². The van der Waals surface area contributed by atoms with Gasteiger partial charge < -0.3 is 11.1 Å². The summed E-state index contributed by atoms with van der Waals surface area (Å²) >= 11 is 8.00. The Morgan fingerprint density at radius 1 is 1.61 bits per heavy atom. The standard InChI is InChI=1S/C12H14BrFN2OS/c1-2-8(6-11(15)18)16-12(17)9-5-7(13)3-4-10(9)14/h3-5,8H,2,6H2,1H3,(H2,15,18)(H,16,17). The number of nitrogens with two attached hydrogens (primary N) is 1. The van der Waals surface area contributed by atoms with Crippen LogP contribution in [-0.4, -0.2) is 16.9 Å². The van der Waals surface area contributed by atoms with Crippen molar-refractivity contribution in [3.05, 3.63) is 34.1 Å². The van der Waals surface area contributed by atoms with Crippen LogP contribution in [0.2, 0.25) is 0 Å². The highest BCUT2D eigenvalue weighted by molar-refractivity contribution is 9.10. The number of benzene rings is 1. The van der Waals surface area contributed by atoms with Crippen LogP contribution in [0.5, 0.6) is 0 Å². The van der Waals surface area contributed by atoms with Crippen molar-refractivity contribution in [3.8, 4) is 0 Å². The molecule has 1 unspecified atom stereocenters. The molecule has 0 radical (unpaired) electrons. The van der Waals surface area contributed by atoms with Crippen molar-refractivity contribution in [3.63, 3.8) is 0 Å². The number of halogens is 2. The second-order valence-corrected chi connectivity index (χ2v) is 5.31. The van der Waals surface area contributed by atoms with Gasteiger partial charge in [0.2, 0.25) is 0 Å². The fourth-order valence-corrected chi connectivity index (χ4v) is 2.04. The van der Waals surface area contributed by atoms with E-state index in [0.29, 0.717) is 22.3 Å². The Labute approximate surface area is 119 Å². The number of hydrogen-bond acceptors (Lipinski definition) is 2. The fourth-order valence-electron chi connectivity index (χ4n) is 1.47. The summed E-state index contributed by atoms with van der Waals surface area (Å²) in [6, 6.07) is 4.05. The smallest absolute Gasteiger partial charge is 0.254 e. The Bertz CT molecular complexity index is 467. The van der Waals surface area contributed by atoms with Crippen LogP contribution in [0.4, 0.5) is 4.39 Å². The highest BCUT2D eigenvalue weighted by Gasteiger charge is 2.16. The molecule has 0 aliphatic carbocycles.